The molecule has 84 valence electrons. The summed E-state index contributed by atoms with van der Waals surface area (Å²) in [5.41, 5.74) is 6.45. The van der Waals surface area contributed by atoms with Crippen molar-refractivity contribution in [1.29, 1.82) is 0 Å². The molecule has 4 heteroatoms. The van der Waals surface area contributed by atoms with Crippen molar-refractivity contribution in [3.05, 3.63) is 22.7 Å². The van der Waals surface area contributed by atoms with Gasteiger partial charge in [0.2, 0.25) is 0 Å². The summed E-state index contributed by atoms with van der Waals surface area (Å²) in [6.45, 7) is 1.74. The maximum atomic E-state index is 5.74. The van der Waals surface area contributed by atoms with Crippen molar-refractivity contribution in [1.82, 2.24) is 4.90 Å². The second kappa shape index (κ2) is 5.98. The van der Waals surface area contributed by atoms with Gasteiger partial charge in [0.15, 0.2) is 0 Å². The van der Waals surface area contributed by atoms with E-state index in [2.05, 4.69) is 34.9 Å². The predicted molar refractivity (Wildman–Crippen MR) is 67.2 cm³/mol. The van der Waals surface area contributed by atoms with Crippen molar-refractivity contribution in [2.24, 2.45) is 0 Å². The number of benzene rings is 1. The Balaban J connectivity index is 2.41. The molecular weight excluding hydrogens is 256 g/mol. The molecule has 0 aliphatic carbocycles. The van der Waals surface area contributed by atoms with Crippen LogP contribution < -0.4 is 10.5 Å². The Hall–Kier alpha value is -0.740. The molecule has 2 N–H and O–H groups in total. The molecule has 1 aromatic rings. The van der Waals surface area contributed by atoms with E-state index < -0.39 is 0 Å². The fourth-order valence-corrected chi connectivity index (χ4v) is 1.58. The first-order valence-electron chi connectivity index (χ1n) is 4.93. The van der Waals surface area contributed by atoms with Crippen molar-refractivity contribution < 1.29 is 4.74 Å². The van der Waals surface area contributed by atoms with E-state index in [4.69, 9.17) is 10.5 Å². The lowest BCUT2D eigenvalue weighted by Gasteiger charge is -2.11. The number of hydrogen-bond donors (Lipinski definition) is 1. The molecule has 0 saturated carbocycles. The van der Waals surface area contributed by atoms with Crippen LogP contribution in [0.3, 0.4) is 0 Å². The summed E-state index contributed by atoms with van der Waals surface area (Å²) in [5, 5.41) is 0. The topological polar surface area (TPSA) is 38.5 Å². The molecular formula is C11H17BrN2O. The molecule has 0 aliphatic rings. The van der Waals surface area contributed by atoms with Crippen LogP contribution in [0.4, 0.5) is 5.69 Å². The van der Waals surface area contributed by atoms with Gasteiger partial charge in [-0.3, -0.25) is 0 Å². The summed E-state index contributed by atoms with van der Waals surface area (Å²) in [4.78, 5) is 2.14. The molecule has 0 aromatic heterocycles. The minimum absolute atomic E-state index is 0.708. The smallest absolute Gasteiger partial charge is 0.135 e. The lowest BCUT2D eigenvalue weighted by Crippen LogP contribution is -2.15. The van der Waals surface area contributed by atoms with E-state index in [-0.39, 0.29) is 0 Å². The van der Waals surface area contributed by atoms with Gasteiger partial charge in [0.05, 0.1) is 11.1 Å². The second-order valence-corrected chi connectivity index (χ2v) is 4.46. The van der Waals surface area contributed by atoms with Crippen LogP contribution in [-0.4, -0.2) is 32.1 Å². The van der Waals surface area contributed by atoms with Gasteiger partial charge in [-0.15, -0.1) is 0 Å². The zero-order valence-electron chi connectivity index (χ0n) is 9.16. The lowest BCUT2D eigenvalue weighted by molar-refractivity contribution is 0.280. The van der Waals surface area contributed by atoms with Gasteiger partial charge in [-0.1, -0.05) is 6.07 Å². The second-order valence-electron chi connectivity index (χ2n) is 3.66. The summed E-state index contributed by atoms with van der Waals surface area (Å²) in [7, 11) is 4.10. The van der Waals surface area contributed by atoms with Crippen LogP contribution in [0.2, 0.25) is 0 Å². The average Bonchev–Trinajstić information content (AvgIpc) is 2.18. The third kappa shape index (κ3) is 4.10. The minimum Gasteiger partial charge on any atom is -0.492 e. The Labute approximate surface area is 99.3 Å². The van der Waals surface area contributed by atoms with Crippen molar-refractivity contribution in [2.45, 2.75) is 6.42 Å². The highest BCUT2D eigenvalue weighted by Gasteiger charge is 2.03. The number of halogens is 1. The van der Waals surface area contributed by atoms with Crippen molar-refractivity contribution in [2.75, 3.05) is 33.0 Å². The highest BCUT2D eigenvalue weighted by molar-refractivity contribution is 9.10. The molecule has 0 aliphatic heterocycles. The molecule has 0 spiro atoms. The molecule has 0 bridgehead atoms. The SMILES string of the molecule is CN(C)CCCOc1cccc(N)c1Br. The minimum atomic E-state index is 0.708. The molecule has 0 saturated heterocycles. The van der Waals surface area contributed by atoms with Crippen LogP contribution >= 0.6 is 15.9 Å². The van der Waals surface area contributed by atoms with Crippen molar-refractivity contribution in [3.63, 3.8) is 0 Å². The summed E-state index contributed by atoms with van der Waals surface area (Å²) < 4.78 is 6.46. The number of nitrogens with zero attached hydrogens (tertiary/aromatic N) is 1. The van der Waals surface area contributed by atoms with E-state index in [1.807, 2.05) is 18.2 Å². The van der Waals surface area contributed by atoms with Gasteiger partial charge in [0.1, 0.15) is 5.75 Å². The highest BCUT2D eigenvalue weighted by Crippen LogP contribution is 2.30. The molecule has 0 atom stereocenters. The molecule has 0 radical (unpaired) electrons. The van der Waals surface area contributed by atoms with E-state index >= 15 is 0 Å². The number of nitrogens with two attached hydrogens (primary N) is 1. The maximum absolute atomic E-state index is 5.74. The van der Waals surface area contributed by atoms with Crippen LogP contribution in [-0.2, 0) is 0 Å². The predicted octanol–water partition coefficient (Wildman–Crippen LogP) is 2.36. The molecule has 0 fully saturated rings. The Bertz CT molecular complexity index is 315. The number of hydrogen-bond acceptors (Lipinski definition) is 3. The fraction of sp³-hybridized carbons (Fsp3) is 0.455. The van der Waals surface area contributed by atoms with Crippen molar-refractivity contribution in [3.8, 4) is 5.75 Å². The third-order valence-electron chi connectivity index (χ3n) is 2.00. The molecule has 3 nitrogen and oxygen atoms in total. The van der Waals surface area contributed by atoms with Gasteiger partial charge in [-0.2, -0.15) is 0 Å². The average molecular weight is 273 g/mol. The van der Waals surface area contributed by atoms with Gasteiger partial charge in [0.25, 0.3) is 0 Å². The molecule has 15 heavy (non-hydrogen) atoms. The Morgan fingerprint density at radius 3 is 2.80 bits per heavy atom. The van der Waals surface area contributed by atoms with Crippen molar-refractivity contribution >= 4 is 21.6 Å². The standard InChI is InChI=1S/C11H17BrN2O/c1-14(2)7-4-8-15-10-6-3-5-9(13)11(10)12/h3,5-6H,4,7-8,13H2,1-2H3. The zero-order valence-corrected chi connectivity index (χ0v) is 10.8. The zero-order chi connectivity index (χ0) is 11.3. The summed E-state index contributed by atoms with van der Waals surface area (Å²) in [6.07, 6.45) is 1.01. The summed E-state index contributed by atoms with van der Waals surface area (Å²) >= 11 is 3.40. The molecule has 1 aromatic carbocycles. The molecule has 0 heterocycles. The molecule has 1 rings (SSSR count). The summed E-state index contributed by atoms with van der Waals surface area (Å²) in [6, 6.07) is 5.65. The van der Waals surface area contributed by atoms with Gasteiger partial charge >= 0.3 is 0 Å². The first kappa shape index (κ1) is 12.3. The van der Waals surface area contributed by atoms with E-state index in [1.165, 1.54) is 0 Å². The van der Waals surface area contributed by atoms with Crippen LogP contribution in [0.25, 0.3) is 0 Å². The van der Waals surface area contributed by atoms with E-state index in [0.29, 0.717) is 12.3 Å². The van der Waals surface area contributed by atoms with Crippen LogP contribution in [0.5, 0.6) is 5.75 Å². The lowest BCUT2D eigenvalue weighted by atomic mass is 10.3. The van der Waals surface area contributed by atoms with Gasteiger partial charge < -0.3 is 15.4 Å². The number of rotatable bonds is 5. The Morgan fingerprint density at radius 2 is 2.13 bits per heavy atom. The molecule has 0 amide bonds. The Morgan fingerprint density at radius 1 is 1.40 bits per heavy atom. The quantitative estimate of drug-likeness (QED) is 0.661. The maximum Gasteiger partial charge on any atom is 0.135 e. The van der Waals surface area contributed by atoms with E-state index in [0.717, 1.165) is 23.2 Å². The monoisotopic (exact) mass is 272 g/mol. The highest BCUT2D eigenvalue weighted by atomic mass is 79.9. The van der Waals surface area contributed by atoms with Gasteiger partial charge in [-0.05, 0) is 48.6 Å². The van der Waals surface area contributed by atoms with Crippen LogP contribution in [0.15, 0.2) is 22.7 Å². The normalized spacial score (nSPS) is 10.7. The largest absolute Gasteiger partial charge is 0.492 e. The fourth-order valence-electron chi connectivity index (χ4n) is 1.20. The van der Waals surface area contributed by atoms with Crippen LogP contribution in [0, 0.1) is 0 Å². The number of ether oxygens (including phenoxy) is 1. The Kier molecular flexibility index (Phi) is 4.91. The van der Waals surface area contributed by atoms with Gasteiger partial charge in [-0.25, -0.2) is 0 Å². The van der Waals surface area contributed by atoms with E-state index in [9.17, 15) is 0 Å². The number of nitrogen functional groups attached to an aromatic ring is 1. The van der Waals surface area contributed by atoms with E-state index in [1.54, 1.807) is 0 Å². The third-order valence-corrected chi connectivity index (χ3v) is 2.85. The molecule has 0 unspecified atom stereocenters. The first-order valence-corrected chi connectivity index (χ1v) is 5.72. The van der Waals surface area contributed by atoms with Gasteiger partial charge in [0, 0.05) is 12.2 Å². The number of anilines is 1. The first-order chi connectivity index (χ1) is 7.11. The van der Waals surface area contributed by atoms with Crippen LogP contribution in [0.1, 0.15) is 6.42 Å². The summed E-state index contributed by atoms with van der Waals surface area (Å²) in [5.74, 6) is 0.814.